The molecule has 3 rings (SSSR count). The first kappa shape index (κ1) is 15.5. The summed E-state index contributed by atoms with van der Waals surface area (Å²) in [6.07, 6.45) is 1.04. The van der Waals surface area contributed by atoms with Gasteiger partial charge in [0, 0.05) is 11.8 Å². The van der Waals surface area contributed by atoms with Gasteiger partial charge in [-0.15, -0.1) is 0 Å². The van der Waals surface area contributed by atoms with E-state index in [1.54, 1.807) is 16.3 Å². The van der Waals surface area contributed by atoms with Crippen molar-refractivity contribution in [1.29, 1.82) is 0 Å². The third kappa shape index (κ3) is 3.19. The predicted octanol–water partition coefficient (Wildman–Crippen LogP) is 2.83. The van der Waals surface area contributed by atoms with E-state index < -0.39 is 0 Å². The Morgan fingerprint density at radius 1 is 1.41 bits per heavy atom. The van der Waals surface area contributed by atoms with Crippen molar-refractivity contribution in [2.45, 2.75) is 37.6 Å². The van der Waals surface area contributed by atoms with Gasteiger partial charge in [-0.1, -0.05) is 23.9 Å². The maximum absolute atomic E-state index is 12.7. The van der Waals surface area contributed by atoms with E-state index in [1.165, 1.54) is 0 Å². The number of thioether (sulfide) groups is 1. The number of aromatic nitrogens is 2. The standard InChI is InChI=1S/C16H20N2O3S/c1-11(2)18-15(19)13-5-3-4-6-14(13)17-16(18)22-9-12-7-8-20-10-21-12/h3-6,11-12H,7-10H2,1-2H3/t12-/m0/s1. The molecule has 0 saturated carbocycles. The lowest BCUT2D eigenvalue weighted by atomic mass is 10.2. The highest BCUT2D eigenvalue weighted by molar-refractivity contribution is 7.99. The summed E-state index contributed by atoms with van der Waals surface area (Å²) in [5.74, 6) is 0.779. The van der Waals surface area contributed by atoms with Gasteiger partial charge in [0.05, 0.1) is 23.6 Å². The SMILES string of the molecule is CC(C)n1c(SC[C@@H]2CCOCO2)nc2ccccc2c1=O. The van der Waals surface area contributed by atoms with Crippen LogP contribution in [0.25, 0.3) is 10.9 Å². The molecular weight excluding hydrogens is 300 g/mol. The normalized spacial score (nSPS) is 19.0. The molecule has 0 unspecified atom stereocenters. The fourth-order valence-electron chi connectivity index (χ4n) is 2.48. The first-order valence-electron chi connectivity index (χ1n) is 7.50. The molecule has 0 aliphatic carbocycles. The molecule has 0 amide bonds. The van der Waals surface area contributed by atoms with Crippen LogP contribution in [-0.2, 0) is 9.47 Å². The van der Waals surface area contributed by atoms with Crippen molar-refractivity contribution in [2.75, 3.05) is 19.2 Å². The number of hydrogen-bond donors (Lipinski definition) is 0. The molecule has 0 N–H and O–H groups in total. The van der Waals surface area contributed by atoms with Gasteiger partial charge in [-0.3, -0.25) is 9.36 Å². The van der Waals surface area contributed by atoms with Gasteiger partial charge >= 0.3 is 0 Å². The molecule has 1 aliphatic heterocycles. The predicted molar refractivity (Wildman–Crippen MR) is 87.4 cm³/mol. The Balaban J connectivity index is 1.93. The van der Waals surface area contributed by atoms with E-state index in [0.717, 1.165) is 29.5 Å². The summed E-state index contributed by atoms with van der Waals surface area (Å²) in [5.41, 5.74) is 0.774. The first-order chi connectivity index (χ1) is 10.7. The van der Waals surface area contributed by atoms with Crippen LogP contribution in [0.3, 0.4) is 0 Å². The molecule has 1 aliphatic rings. The van der Waals surface area contributed by atoms with Crippen LogP contribution < -0.4 is 5.56 Å². The van der Waals surface area contributed by atoms with Gasteiger partial charge in [0.2, 0.25) is 0 Å². The molecule has 2 heterocycles. The Bertz CT molecular complexity index is 708. The van der Waals surface area contributed by atoms with Gasteiger partial charge in [-0.25, -0.2) is 4.98 Å². The molecule has 1 atom stereocenters. The lowest BCUT2D eigenvalue weighted by Crippen LogP contribution is -2.28. The van der Waals surface area contributed by atoms with Gasteiger partial charge in [-0.05, 0) is 32.4 Å². The van der Waals surface area contributed by atoms with E-state index in [9.17, 15) is 4.79 Å². The summed E-state index contributed by atoms with van der Waals surface area (Å²) in [5, 5.41) is 1.43. The number of fused-ring (bicyclic) bond motifs is 1. The summed E-state index contributed by atoms with van der Waals surface area (Å²) in [7, 11) is 0. The molecule has 22 heavy (non-hydrogen) atoms. The zero-order valence-corrected chi connectivity index (χ0v) is 13.6. The quantitative estimate of drug-likeness (QED) is 0.640. The zero-order chi connectivity index (χ0) is 15.5. The highest BCUT2D eigenvalue weighted by Crippen LogP contribution is 2.23. The Hall–Kier alpha value is -1.37. The Morgan fingerprint density at radius 3 is 2.95 bits per heavy atom. The van der Waals surface area contributed by atoms with E-state index in [4.69, 9.17) is 9.47 Å². The average molecular weight is 320 g/mol. The topological polar surface area (TPSA) is 53.4 Å². The summed E-state index contributed by atoms with van der Waals surface area (Å²) < 4.78 is 12.5. The molecule has 0 bridgehead atoms. The van der Waals surface area contributed by atoms with Crippen LogP contribution in [0.5, 0.6) is 0 Å². The highest BCUT2D eigenvalue weighted by Gasteiger charge is 2.18. The smallest absolute Gasteiger partial charge is 0.262 e. The summed E-state index contributed by atoms with van der Waals surface area (Å²) in [4.78, 5) is 17.4. The lowest BCUT2D eigenvalue weighted by Gasteiger charge is -2.23. The van der Waals surface area contributed by atoms with Crippen molar-refractivity contribution in [3.05, 3.63) is 34.6 Å². The third-order valence-electron chi connectivity index (χ3n) is 3.66. The van der Waals surface area contributed by atoms with Crippen molar-refractivity contribution in [2.24, 2.45) is 0 Å². The van der Waals surface area contributed by atoms with Gasteiger partial charge in [0.15, 0.2) is 5.16 Å². The first-order valence-corrected chi connectivity index (χ1v) is 8.49. The van der Waals surface area contributed by atoms with Crippen molar-refractivity contribution >= 4 is 22.7 Å². The monoisotopic (exact) mass is 320 g/mol. The van der Waals surface area contributed by atoms with E-state index in [-0.39, 0.29) is 17.7 Å². The molecule has 1 aromatic heterocycles. The second-order valence-electron chi connectivity index (χ2n) is 5.59. The zero-order valence-electron chi connectivity index (χ0n) is 12.8. The minimum Gasteiger partial charge on any atom is -0.355 e. The van der Waals surface area contributed by atoms with Crippen molar-refractivity contribution in [3.8, 4) is 0 Å². The minimum absolute atomic E-state index is 0.0241. The summed E-state index contributed by atoms with van der Waals surface area (Å²) >= 11 is 1.58. The fraction of sp³-hybridized carbons (Fsp3) is 0.500. The number of rotatable bonds is 4. The molecule has 0 radical (unpaired) electrons. The Morgan fingerprint density at radius 2 is 2.23 bits per heavy atom. The fourth-order valence-corrected chi connectivity index (χ4v) is 3.68. The molecule has 1 aromatic carbocycles. The molecular formula is C16H20N2O3S. The van der Waals surface area contributed by atoms with Crippen LogP contribution in [0.2, 0.25) is 0 Å². The maximum Gasteiger partial charge on any atom is 0.262 e. The van der Waals surface area contributed by atoms with Crippen LogP contribution in [0.15, 0.2) is 34.2 Å². The van der Waals surface area contributed by atoms with Gasteiger partial charge < -0.3 is 9.47 Å². The van der Waals surface area contributed by atoms with Crippen LogP contribution in [0.1, 0.15) is 26.3 Å². The molecule has 2 aromatic rings. The largest absolute Gasteiger partial charge is 0.355 e. The van der Waals surface area contributed by atoms with Crippen molar-refractivity contribution in [1.82, 2.24) is 9.55 Å². The van der Waals surface area contributed by atoms with E-state index in [1.807, 2.05) is 38.1 Å². The molecule has 5 nitrogen and oxygen atoms in total. The highest BCUT2D eigenvalue weighted by atomic mass is 32.2. The number of ether oxygens (including phenoxy) is 2. The average Bonchev–Trinajstić information content (AvgIpc) is 2.53. The van der Waals surface area contributed by atoms with E-state index in [0.29, 0.717) is 12.2 Å². The van der Waals surface area contributed by atoms with Crippen molar-refractivity contribution in [3.63, 3.8) is 0 Å². The molecule has 0 spiro atoms. The third-order valence-corrected chi connectivity index (χ3v) is 4.75. The van der Waals surface area contributed by atoms with E-state index >= 15 is 0 Å². The molecule has 1 fully saturated rings. The Labute approximate surface area is 133 Å². The number of benzene rings is 1. The maximum atomic E-state index is 12.7. The minimum atomic E-state index is 0.0241. The molecule has 1 saturated heterocycles. The summed E-state index contributed by atoms with van der Waals surface area (Å²) in [6.45, 7) is 5.10. The lowest BCUT2D eigenvalue weighted by molar-refractivity contribution is -0.130. The van der Waals surface area contributed by atoms with E-state index in [2.05, 4.69) is 4.98 Å². The van der Waals surface area contributed by atoms with Gasteiger partial charge in [0.1, 0.15) is 6.79 Å². The second-order valence-corrected chi connectivity index (χ2v) is 6.58. The second kappa shape index (κ2) is 6.81. The van der Waals surface area contributed by atoms with Crippen LogP contribution in [0.4, 0.5) is 0 Å². The van der Waals surface area contributed by atoms with Crippen LogP contribution in [-0.4, -0.2) is 34.8 Å². The van der Waals surface area contributed by atoms with Crippen LogP contribution >= 0.6 is 11.8 Å². The number of para-hydroxylation sites is 1. The number of hydrogen-bond acceptors (Lipinski definition) is 5. The molecule has 118 valence electrons. The van der Waals surface area contributed by atoms with Gasteiger partial charge in [-0.2, -0.15) is 0 Å². The number of nitrogens with zero attached hydrogens (tertiary/aromatic N) is 2. The summed E-state index contributed by atoms with van der Waals surface area (Å²) in [6, 6.07) is 7.57. The van der Waals surface area contributed by atoms with Gasteiger partial charge in [0.25, 0.3) is 5.56 Å². The van der Waals surface area contributed by atoms with Crippen molar-refractivity contribution < 1.29 is 9.47 Å². The Kier molecular flexibility index (Phi) is 4.81. The molecule has 6 heteroatoms. The van der Waals surface area contributed by atoms with Crippen LogP contribution in [0, 0.1) is 0 Å².